The summed E-state index contributed by atoms with van der Waals surface area (Å²) in [4.78, 5) is 6.44. The second-order valence-corrected chi connectivity index (χ2v) is 6.01. The Kier molecular flexibility index (Phi) is 5.61. The minimum atomic E-state index is 0.191. The van der Waals surface area contributed by atoms with Gasteiger partial charge < -0.3 is 9.84 Å². The Balaban J connectivity index is 1.50. The Bertz CT molecular complexity index is 616. The number of fused-ring (bicyclic) bond motifs is 1. The topological polar surface area (TPSA) is 45.6 Å². The lowest BCUT2D eigenvalue weighted by Crippen LogP contribution is -2.28. The number of aryl methyl sites for hydroxylation is 1. The first kappa shape index (κ1) is 16.0. The highest BCUT2D eigenvalue weighted by molar-refractivity contribution is 5.39. The summed E-state index contributed by atoms with van der Waals surface area (Å²) in [5.41, 5.74) is 3.90. The number of hydrogen-bond donors (Lipinski definition) is 1. The van der Waals surface area contributed by atoms with Gasteiger partial charge in [0.15, 0.2) is 0 Å². The van der Waals surface area contributed by atoms with Gasteiger partial charge in [-0.05, 0) is 48.2 Å². The average molecular weight is 312 g/mol. The summed E-state index contributed by atoms with van der Waals surface area (Å²) in [5, 5.41) is 9.27. The Morgan fingerprint density at radius 1 is 1.17 bits per heavy atom. The number of benzene rings is 1. The summed E-state index contributed by atoms with van der Waals surface area (Å²) in [6.45, 7) is 3.52. The predicted octanol–water partition coefficient (Wildman–Crippen LogP) is 2.44. The fourth-order valence-electron chi connectivity index (χ4n) is 3.06. The minimum Gasteiger partial charge on any atom is -0.493 e. The van der Waals surface area contributed by atoms with Crippen LogP contribution in [0, 0.1) is 0 Å². The number of pyridine rings is 1. The van der Waals surface area contributed by atoms with Gasteiger partial charge in [-0.2, -0.15) is 0 Å². The van der Waals surface area contributed by atoms with Crippen LogP contribution in [0.2, 0.25) is 0 Å². The third-order valence-electron chi connectivity index (χ3n) is 4.24. The van der Waals surface area contributed by atoms with Crippen LogP contribution in [0.25, 0.3) is 0 Å². The van der Waals surface area contributed by atoms with E-state index in [9.17, 15) is 5.11 Å². The molecule has 0 bridgehead atoms. The number of aromatic nitrogens is 1. The highest BCUT2D eigenvalue weighted by Gasteiger charge is 2.12. The molecule has 0 fully saturated rings. The minimum absolute atomic E-state index is 0.191. The van der Waals surface area contributed by atoms with Gasteiger partial charge in [-0.25, -0.2) is 0 Å². The third kappa shape index (κ3) is 4.53. The monoisotopic (exact) mass is 312 g/mol. The van der Waals surface area contributed by atoms with Gasteiger partial charge in [0.1, 0.15) is 5.75 Å². The van der Waals surface area contributed by atoms with E-state index in [0.717, 1.165) is 44.7 Å². The van der Waals surface area contributed by atoms with Gasteiger partial charge in [0, 0.05) is 31.9 Å². The molecule has 0 unspecified atom stereocenters. The molecule has 0 radical (unpaired) electrons. The second-order valence-electron chi connectivity index (χ2n) is 6.01. The fourth-order valence-corrected chi connectivity index (χ4v) is 3.06. The van der Waals surface area contributed by atoms with Gasteiger partial charge in [-0.3, -0.25) is 9.88 Å². The van der Waals surface area contributed by atoms with E-state index >= 15 is 0 Å². The van der Waals surface area contributed by atoms with E-state index < -0.39 is 0 Å². The van der Waals surface area contributed by atoms with Crippen LogP contribution < -0.4 is 4.74 Å². The molecule has 2 heterocycles. The maximum absolute atomic E-state index is 9.27. The van der Waals surface area contributed by atoms with E-state index in [1.165, 1.54) is 16.7 Å². The summed E-state index contributed by atoms with van der Waals surface area (Å²) < 4.78 is 5.55. The van der Waals surface area contributed by atoms with Crippen molar-refractivity contribution in [1.82, 2.24) is 9.88 Å². The van der Waals surface area contributed by atoms with E-state index in [2.05, 4.69) is 34.1 Å². The number of hydrogen-bond acceptors (Lipinski definition) is 4. The lowest BCUT2D eigenvalue weighted by Gasteiger charge is -2.21. The summed E-state index contributed by atoms with van der Waals surface area (Å²) in [6, 6.07) is 10.6. The van der Waals surface area contributed by atoms with Crippen LogP contribution in [0.15, 0.2) is 42.7 Å². The zero-order chi connectivity index (χ0) is 15.9. The fraction of sp³-hybridized carbons (Fsp3) is 0.421. The molecule has 1 aliphatic heterocycles. The maximum Gasteiger partial charge on any atom is 0.122 e. The van der Waals surface area contributed by atoms with Crippen LogP contribution in [0.5, 0.6) is 5.75 Å². The van der Waals surface area contributed by atoms with E-state index in [1.54, 1.807) is 6.20 Å². The van der Waals surface area contributed by atoms with Crippen molar-refractivity contribution in [3.05, 3.63) is 59.4 Å². The Morgan fingerprint density at radius 2 is 2.13 bits per heavy atom. The molecule has 1 aromatic heterocycles. The largest absolute Gasteiger partial charge is 0.493 e. The average Bonchev–Trinajstić information content (AvgIpc) is 3.04. The van der Waals surface area contributed by atoms with Crippen LogP contribution in [0.4, 0.5) is 0 Å². The van der Waals surface area contributed by atoms with E-state index in [-0.39, 0.29) is 6.61 Å². The number of nitrogens with zero attached hydrogens (tertiary/aromatic N) is 2. The maximum atomic E-state index is 9.27. The van der Waals surface area contributed by atoms with E-state index in [1.807, 2.05) is 12.3 Å². The Hall–Kier alpha value is -1.91. The molecule has 0 saturated heterocycles. The molecule has 0 saturated carbocycles. The van der Waals surface area contributed by atoms with Crippen LogP contribution in [0.1, 0.15) is 23.1 Å². The van der Waals surface area contributed by atoms with Crippen molar-refractivity contribution < 1.29 is 9.84 Å². The molecule has 4 nitrogen and oxygen atoms in total. The first-order valence-electron chi connectivity index (χ1n) is 8.32. The van der Waals surface area contributed by atoms with Crippen molar-refractivity contribution in [3.8, 4) is 5.75 Å². The second kappa shape index (κ2) is 8.09. The Morgan fingerprint density at radius 3 is 2.96 bits per heavy atom. The lowest BCUT2D eigenvalue weighted by atomic mass is 10.0. The summed E-state index contributed by atoms with van der Waals surface area (Å²) in [5.74, 6) is 1.05. The van der Waals surface area contributed by atoms with Gasteiger partial charge in [-0.15, -0.1) is 0 Å². The molecule has 1 aromatic carbocycles. The first-order chi connectivity index (χ1) is 11.3. The van der Waals surface area contributed by atoms with Crippen LogP contribution in [-0.4, -0.2) is 41.3 Å². The molecule has 2 aromatic rings. The molecular weight excluding hydrogens is 288 g/mol. The number of aliphatic hydroxyl groups excluding tert-OH is 1. The van der Waals surface area contributed by atoms with E-state index in [4.69, 9.17) is 4.74 Å². The third-order valence-corrected chi connectivity index (χ3v) is 4.24. The SMILES string of the molecule is OCCN(CCCc1ccc2c(c1)CCO2)Cc1cccnc1. The van der Waals surface area contributed by atoms with Gasteiger partial charge >= 0.3 is 0 Å². The summed E-state index contributed by atoms with van der Waals surface area (Å²) >= 11 is 0. The van der Waals surface area contributed by atoms with Crippen LogP contribution in [-0.2, 0) is 19.4 Å². The zero-order valence-corrected chi connectivity index (χ0v) is 13.4. The molecule has 0 amide bonds. The number of aliphatic hydroxyl groups is 1. The van der Waals surface area contributed by atoms with Crippen molar-refractivity contribution in [2.45, 2.75) is 25.8 Å². The molecule has 1 aliphatic rings. The highest BCUT2D eigenvalue weighted by Crippen LogP contribution is 2.26. The van der Waals surface area contributed by atoms with Gasteiger partial charge in [0.25, 0.3) is 0 Å². The van der Waals surface area contributed by atoms with Crippen molar-refractivity contribution in [2.24, 2.45) is 0 Å². The summed E-state index contributed by atoms with van der Waals surface area (Å²) in [6.07, 6.45) is 6.85. The smallest absolute Gasteiger partial charge is 0.122 e. The number of rotatable bonds is 8. The van der Waals surface area contributed by atoms with Gasteiger partial charge in [0.2, 0.25) is 0 Å². The zero-order valence-electron chi connectivity index (χ0n) is 13.4. The molecule has 1 N–H and O–H groups in total. The van der Waals surface area contributed by atoms with Crippen LogP contribution in [0.3, 0.4) is 0 Å². The molecule has 23 heavy (non-hydrogen) atoms. The molecule has 4 heteroatoms. The van der Waals surface area contributed by atoms with Crippen LogP contribution >= 0.6 is 0 Å². The molecule has 3 rings (SSSR count). The van der Waals surface area contributed by atoms with Crippen molar-refractivity contribution in [1.29, 1.82) is 0 Å². The predicted molar refractivity (Wildman–Crippen MR) is 90.6 cm³/mol. The quantitative estimate of drug-likeness (QED) is 0.813. The normalized spacial score (nSPS) is 13.1. The first-order valence-corrected chi connectivity index (χ1v) is 8.32. The summed E-state index contributed by atoms with van der Waals surface area (Å²) in [7, 11) is 0. The van der Waals surface area contributed by atoms with Crippen molar-refractivity contribution >= 4 is 0 Å². The van der Waals surface area contributed by atoms with Crippen molar-refractivity contribution in [2.75, 3.05) is 26.3 Å². The van der Waals surface area contributed by atoms with Crippen molar-refractivity contribution in [3.63, 3.8) is 0 Å². The molecule has 0 aliphatic carbocycles. The van der Waals surface area contributed by atoms with E-state index in [0.29, 0.717) is 6.54 Å². The van der Waals surface area contributed by atoms with Gasteiger partial charge in [-0.1, -0.05) is 18.2 Å². The Labute approximate surface area is 137 Å². The molecule has 0 spiro atoms. The standard InChI is InChI=1S/C19H24N2O2/c22-11-10-21(15-17-3-1-8-20-14-17)9-2-4-16-5-6-19-18(13-16)7-12-23-19/h1,3,5-6,8,13-14,22H,2,4,7,9-12,15H2. The molecule has 122 valence electrons. The molecule has 0 atom stereocenters. The molecular formula is C19H24N2O2. The lowest BCUT2D eigenvalue weighted by molar-refractivity contribution is 0.188. The highest BCUT2D eigenvalue weighted by atomic mass is 16.5. The number of ether oxygens (including phenoxy) is 1. The van der Waals surface area contributed by atoms with Gasteiger partial charge in [0.05, 0.1) is 13.2 Å².